The lowest BCUT2D eigenvalue weighted by Gasteiger charge is -1.97. The van der Waals surface area contributed by atoms with Crippen molar-refractivity contribution in [3.8, 4) is 0 Å². The van der Waals surface area contributed by atoms with Gasteiger partial charge in [0.1, 0.15) is 0 Å². The summed E-state index contributed by atoms with van der Waals surface area (Å²) in [7, 11) is 1.86. The van der Waals surface area contributed by atoms with E-state index in [1.54, 1.807) is 6.08 Å². The average Bonchev–Trinajstić information content (AvgIpc) is 2.03. The van der Waals surface area contributed by atoms with E-state index >= 15 is 0 Å². The van der Waals surface area contributed by atoms with Crippen molar-refractivity contribution in [3.05, 3.63) is 36.6 Å². The van der Waals surface area contributed by atoms with Crippen molar-refractivity contribution in [2.45, 2.75) is 20.8 Å². The van der Waals surface area contributed by atoms with E-state index in [0.29, 0.717) is 0 Å². The van der Waals surface area contributed by atoms with Gasteiger partial charge in [-0.05, 0) is 19.1 Å². The topological polar surface area (TPSA) is 12.0 Å². The fraction of sp³-hybridized carbons (Fsp3) is 0.400. The molecule has 0 fully saturated rings. The Labute approximate surface area is 70.5 Å². The van der Waals surface area contributed by atoms with E-state index < -0.39 is 0 Å². The predicted octanol–water partition coefficient (Wildman–Crippen LogP) is 2.88. The zero-order chi connectivity index (χ0) is 9.28. The van der Waals surface area contributed by atoms with E-state index in [-0.39, 0.29) is 0 Å². The monoisotopic (exact) mass is 153 g/mol. The van der Waals surface area contributed by atoms with Gasteiger partial charge < -0.3 is 5.32 Å². The fourth-order valence-corrected chi connectivity index (χ4v) is 0.499. The van der Waals surface area contributed by atoms with Gasteiger partial charge in [0.25, 0.3) is 0 Å². The normalized spacial score (nSPS) is 9.27. The molecule has 1 nitrogen and oxygen atoms in total. The second-order valence-electron chi connectivity index (χ2n) is 1.90. The summed E-state index contributed by atoms with van der Waals surface area (Å²) in [6.07, 6.45) is 3.70. The smallest absolute Gasteiger partial charge is 0.0334 e. The molecule has 0 saturated heterocycles. The molecule has 0 bridgehead atoms. The molecule has 0 amide bonds. The fourth-order valence-electron chi connectivity index (χ4n) is 0.499. The molecule has 0 rings (SSSR count). The molecular weight excluding hydrogens is 134 g/mol. The van der Waals surface area contributed by atoms with Crippen LogP contribution in [-0.4, -0.2) is 7.05 Å². The Morgan fingerprint density at radius 1 is 1.36 bits per heavy atom. The maximum absolute atomic E-state index is 3.73. The summed E-state index contributed by atoms with van der Waals surface area (Å²) in [5.41, 5.74) is 2.03. The number of hydrogen-bond donors (Lipinski definition) is 1. The Morgan fingerprint density at radius 3 is 1.91 bits per heavy atom. The molecule has 1 heteroatoms. The first-order chi connectivity index (χ1) is 5.20. The second-order valence-corrected chi connectivity index (χ2v) is 1.90. The number of hydrogen-bond acceptors (Lipinski definition) is 1. The van der Waals surface area contributed by atoms with Gasteiger partial charge in [0.2, 0.25) is 0 Å². The third kappa shape index (κ3) is 9.02. The summed E-state index contributed by atoms with van der Waals surface area (Å²) in [5.74, 6) is 0. The minimum Gasteiger partial charge on any atom is -0.388 e. The molecule has 0 atom stereocenters. The molecule has 0 aliphatic rings. The van der Waals surface area contributed by atoms with Gasteiger partial charge in [-0.15, -0.1) is 0 Å². The predicted molar refractivity (Wildman–Crippen MR) is 53.5 cm³/mol. The quantitative estimate of drug-likeness (QED) is 0.615. The van der Waals surface area contributed by atoms with Crippen molar-refractivity contribution in [1.82, 2.24) is 5.32 Å². The van der Waals surface area contributed by atoms with E-state index in [0.717, 1.165) is 11.3 Å². The third-order valence-corrected chi connectivity index (χ3v) is 0.910. The van der Waals surface area contributed by atoms with Crippen LogP contribution in [0.3, 0.4) is 0 Å². The molecule has 0 aromatic carbocycles. The molecule has 0 aliphatic heterocycles. The van der Waals surface area contributed by atoms with Gasteiger partial charge >= 0.3 is 0 Å². The average molecular weight is 153 g/mol. The van der Waals surface area contributed by atoms with Crippen LogP contribution in [0.2, 0.25) is 0 Å². The molecule has 0 radical (unpaired) electrons. The summed E-state index contributed by atoms with van der Waals surface area (Å²) < 4.78 is 0. The number of nitrogens with one attached hydrogen (secondary N) is 1. The highest BCUT2D eigenvalue weighted by Gasteiger charge is 1.82. The summed E-state index contributed by atoms with van der Waals surface area (Å²) in [6.45, 7) is 13.3. The second kappa shape index (κ2) is 9.02. The highest BCUT2D eigenvalue weighted by Crippen LogP contribution is 1.95. The van der Waals surface area contributed by atoms with E-state index in [9.17, 15) is 0 Å². The lowest BCUT2D eigenvalue weighted by molar-refractivity contribution is 1.03. The first-order valence-electron chi connectivity index (χ1n) is 3.88. The van der Waals surface area contributed by atoms with Gasteiger partial charge in [0, 0.05) is 12.7 Å². The van der Waals surface area contributed by atoms with Crippen LogP contribution in [-0.2, 0) is 0 Å². The summed E-state index contributed by atoms with van der Waals surface area (Å²) in [5, 5.41) is 2.97. The van der Waals surface area contributed by atoms with Crippen LogP contribution in [0, 0.1) is 0 Å². The molecular formula is C10H19N. The van der Waals surface area contributed by atoms with Crippen molar-refractivity contribution in [1.29, 1.82) is 0 Å². The Morgan fingerprint density at radius 2 is 1.82 bits per heavy atom. The molecule has 0 heterocycles. The molecule has 64 valence electrons. The van der Waals surface area contributed by atoms with Crippen LogP contribution in [0.5, 0.6) is 0 Å². The van der Waals surface area contributed by atoms with Gasteiger partial charge in [-0.2, -0.15) is 0 Å². The van der Waals surface area contributed by atoms with Crippen LogP contribution in [0.25, 0.3) is 0 Å². The van der Waals surface area contributed by atoms with Crippen LogP contribution < -0.4 is 5.32 Å². The Balaban J connectivity index is 0. The zero-order valence-electron chi connectivity index (χ0n) is 8.07. The first kappa shape index (κ1) is 12.7. The van der Waals surface area contributed by atoms with Crippen LogP contribution in [0.15, 0.2) is 36.6 Å². The van der Waals surface area contributed by atoms with Crippen molar-refractivity contribution < 1.29 is 0 Å². The van der Waals surface area contributed by atoms with Crippen LogP contribution in [0.1, 0.15) is 20.8 Å². The van der Waals surface area contributed by atoms with Gasteiger partial charge in [-0.25, -0.2) is 0 Å². The lowest BCUT2D eigenvalue weighted by Crippen LogP contribution is -2.02. The molecule has 0 unspecified atom stereocenters. The van der Waals surface area contributed by atoms with E-state index in [1.165, 1.54) is 0 Å². The largest absolute Gasteiger partial charge is 0.388 e. The Kier molecular flexibility index (Phi) is 10.4. The van der Waals surface area contributed by atoms with Crippen molar-refractivity contribution in [2.75, 3.05) is 7.05 Å². The van der Waals surface area contributed by atoms with E-state index in [4.69, 9.17) is 0 Å². The molecule has 0 spiro atoms. The van der Waals surface area contributed by atoms with Crippen molar-refractivity contribution in [3.63, 3.8) is 0 Å². The molecule has 11 heavy (non-hydrogen) atoms. The van der Waals surface area contributed by atoms with Crippen molar-refractivity contribution in [2.24, 2.45) is 0 Å². The summed E-state index contributed by atoms with van der Waals surface area (Å²) in [6, 6.07) is 0. The minimum atomic E-state index is 1.00. The molecule has 0 aliphatic carbocycles. The van der Waals surface area contributed by atoms with Crippen LogP contribution in [0.4, 0.5) is 0 Å². The third-order valence-electron chi connectivity index (χ3n) is 0.910. The SMILES string of the molecule is C=C/C(=C\C(=C)C)NC.CC. The standard InChI is InChI=1S/C8H13N.C2H6/c1-5-8(9-4)6-7(2)3;1-2/h5-6,9H,1-2H2,3-4H3;1-2H3/b8-6+;. The number of likely N-dealkylation sites (N-methyl/N-ethyl adjacent to an activating group) is 1. The molecule has 0 aromatic rings. The van der Waals surface area contributed by atoms with Crippen LogP contribution >= 0.6 is 0 Å². The van der Waals surface area contributed by atoms with Gasteiger partial charge in [0.05, 0.1) is 0 Å². The molecule has 0 saturated carbocycles. The highest BCUT2D eigenvalue weighted by atomic mass is 14.8. The first-order valence-corrected chi connectivity index (χ1v) is 3.88. The van der Waals surface area contributed by atoms with Crippen molar-refractivity contribution >= 4 is 0 Å². The minimum absolute atomic E-state index is 1.00. The Bertz CT molecular complexity index is 143. The van der Waals surface area contributed by atoms with Gasteiger partial charge in [-0.3, -0.25) is 0 Å². The maximum atomic E-state index is 3.73. The summed E-state index contributed by atoms with van der Waals surface area (Å²) >= 11 is 0. The Hall–Kier alpha value is -0.980. The number of rotatable bonds is 3. The van der Waals surface area contributed by atoms with E-state index in [2.05, 4.69) is 18.5 Å². The number of allylic oxidation sites excluding steroid dienone is 3. The van der Waals surface area contributed by atoms with Gasteiger partial charge in [0.15, 0.2) is 0 Å². The molecule has 1 N–H and O–H groups in total. The lowest BCUT2D eigenvalue weighted by atomic mass is 10.3. The molecule has 0 aromatic heterocycles. The zero-order valence-corrected chi connectivity index (χ0v) is 8.07. The van der Waals surface area contributed by atoms with E-state index in [1.807, 2.05) is 33.9 Å². The van der Waals surface area contributed by atoms with Gasteiger partial charge in [-0.1, -0.05) is 32.6 Å². The summed E-state index contributed by atoms with van der Waals surface area (Å²) in [4.78, 5) is 0. The highest BCUT2D eigenvalue weighted by molar-refractivity contribution is 5.24. The maximum Gasteiger partial charge on any atom is 0.0334 e.